The summed E-state index contributed by atoms with van der Waals surface area (Å²) in [5, 5.41) is 8.63. The molecule has 0 saturated carbocycles. The summed E-state index contributed by atoms with van der Waals surface area (Å²) in [5.74, 6) is 0. The standard InChI is InChI=1S/C6H12O/c1-3-4-5-6(2)7/h3-4,6-7H,5H2,1-2H3/b4-3-/t6-/m1/s1. The van der Waals surface area contributed by atoms with Crippen LogP contribution in [-0.4, -0.2) is 11.2 Å². The number of rotatable bonds is 2. The van der Waals surface area contributed by atoms with Gasteiger partial charge in [-0.3, -0.25) is 0 Å². The third-order valence-corrected chi connectivity index (χ3v) is 0.713. The van der Waals surface area contributed by atoms with Crippen LogP contribution in [0.3, 0.4) is 0 Å². The minimum Gasteiger partial charge on any atom is -0.393 e. The zero-order chi connectivity index (χ0) is 5.70. The van der Waals surface area contributed by atoms with Crippen molar-refractivity contribution < 1.29 is 5.11 Å². The van der Waals surface area contributed by atoms with Gasteiger partial charge in [0.2, 0.25) is 0 Å². The SMILES string of the molecule is C/C=C\C[C@@H](C)O. The topological polar surface area (TPSA) is 20.2 Å². The van der Waals surface area contributed by atoms with Gasteiger partial charge in [0.15, 0.2) is 0 Å². The molecule has 1 atom stereocenters. The Morgan fingerprint density at radius 1 is 1.71 bits per heavy atom. The van der Waals surface area contributed by atoms with Crippen molar-refractivity contribution in [3.63, 3.8) is 0 Å². The number of aliphatic hydroxyl groups is 1. The van der Waals surface area contributed by atoms with Crippen LogP contribution in [0.1, 0.15) is 20.3 Å². The monoisotopic (exact) mass is 100 g/mol. The molecule has 0 fully saturated rings. The average molecular weight is 100 g/mol. The van der Waals surface area contributed by atoms with Gasteiger partial charge in [0.1, 0.15) is 0 Å². The lowest BCUT2D eigenvalue weighted by Gasteiger charge is -1.93. The molecule has 1 heteroatoms. The maximum atomic E-state index is 8.63. The summed E-state index contributed by atoms with van der Waals surface area (Å²) in [6, 6.07) is 0. The Bertz CT molecular complexity index is 55.2. The van der Waals surface area contributed by atoms with Crippen LogP contribution in [-0.2, 0) is 0 Å². The van der Waals surface area contributed by atoms with Gasteiger partial charge >= 0.3 is 0 Å². The van der Waals surface area contributed by atoms with E-state index >= 15 is 0 Å². The lowest BCUT2D eigenvalue weighted by molar-refractivity contribution is 0.198. The average Bonchev–Trinajstić information content (AvgIpc) is 1.61. The predicted octanol–water partition coefficient (Wildman–Crippen LogP) is 1.33. The van der Waals surface area contributed by atoms with E-state index in [2.05, 4.69) is 0 Å². The molecule has 0 aromatic heterocycles. The van der Waals surface area contributed by atoms with Crippen LogP contribution >= 0.6 is 0 Å². The van der Waals surface area contributed by atoms with Gasteiger partial charge in [-0.15, -0.1) is 0 Å². The Labute approximate surface area is 44.7 Å². The van der Waals surface area contributed by atoms with Crippen LogP contribution in [0, 0.1) is 0 Å². The van der Waals surface area contributed by atoms with Crippen molar-refractivity contribution >= 4 is 0 Å². The highest BCUT2D eigenvalue weighted by atomic mass is 16.3. The molecule has 0 saturated heterocycles. The Balaban J connectivity index is 2.97. The minimum atomic E-state index is -0.184. The summed E-state index contributed by atoms with van der Waals surface area (Å²) >= 11 is 0. The Hall–Kier alpha value is -0.300. The van der Waals surface area contributed by atoms with Crippen molar-refractivity contribution in [2.45, 2.75) is 26.4 Å². The lowest BCUT2D eigenvalue weighted by Crippen LogP contribution is -1.94. The van der Waals surface area contributed by atoms with Gasteiger partial charge in [0.05, 0.1) is 6.10 Å². The maximum absolute atomic E-state index is 8.63. The molecule has 7 heavy (non-hydrogen) atoms. The third-order valence-electron chi connectivity index (χ3n) is 0.713. The molecule has 0 radical (unpaired) electrons. The van der Waals surface area contributed by atoms with E-state index in [4.69, 9.17) is 5.11 Å². The first-order chi connectivity index (χ1) is 3.27. The molecule has 1 N–H and O–H groups in total. The smallest absolute Gasteiger partial charge is 0.0546 e. The summed E-state index contributed by atoms with van der Waals surface area (Å²) in [6.45, 7) is 3.72. The van der Waals surface area contributed by atoms with E-state index in [0.29, 0.717) is 0 Å². The van der Waals surface area contributed by atoms with Gasteiger partial charge in [-0.05, 0) is 20.3 Å². The van der Waals surface area contributed by atoms with E-state index in [1.54, 1.807) is 6.92 Å². The summed E-state index contributed by atoms with van der Waals surface area (Å²) in [6.07, 6.45) is 4.48. The molecular formula is C6H12O. The molecule has 0 rings (SSSR count). The maximum Gasteiger partial charge on any atom is 0.0546 e. The predicted molar refractivity (Wildman–Crippen MR) is 31.1 cm³/mol. The van der Waals surface area contributed by atoms with Crippen molar-refractivity contribution in [1.29, 1.82) is 0 Å². The first-order valence-electron chi connectivity index (χ1n) is 2.56. The van der Waals surface area contributed by atoms with Gasteiger partial charge in [-0.1, -0.05) is 12.2 Å². The first kappa shape index (κ1) is 6.70. The van der Waals surface area contributed by atoms with Crippen LogP contribution in [0.5, 0.6) is 0 Å². The van der Waals surface area contributed by atoms with Crippen LogP contribution < -0.4 is 0 Å². The van der Waals surface area contributed by atoms with Crippen molar-refractivity contribution in [2.24, 2.45) is 0 Å². The van der Waals surface area contributed by atoms with Crippen LogP contribution in [0.25, 0.3) is 0 Å². The lowest BCUT2D eigenvalue weighted by atomic mass is 10.3. The third kappa shape index (κ3) is 5.70. The van der Waals surface area contributed by atoms with E-state index < -0.39 is 0 Å². The van der Waals surface area contributed by atoms with E-state index in [1.807, 2.05) is 19.1 Å². The zero-order valence-corrected chi connectivity index (χ0v) is 4.89. The zero-order valence-electron chi connectivity index (χ0n) is 4.89. The van der Waals surface area contributed by atoms with Crippen LogP contribution in [0.4, 0.5) is 0 Å². The fraction of sp³-hybridized carbons (Fsp3) is 0.667. The first-order valence-corrected chi connectivity index (χ1v) is 2.56. The second-order valence-corrected chi connectivity index (χ2v) is 1.65. The number of aliphatic hydroxyl groups excluding tert-OH is 1. The van der Waals surface area contributed by atoms with Gasteiger partial charge in [0.25, 0.3) is 0 Å². The fourth-order valence-corrected chi connectivity index (χ4v) is 0.333. The van der Waals surface area contributed by atoms with Gasteiger partial charge in [0, 0.05) is 0 Å². The second-order valence-electron chi connectivity index (χ2n) is 1.65. The van der Waals surface area contributed by atoms with Gasteiger partial charge in [-0.25, -0.2) is 0 Å². The van der Waals surface area contributed by atoms with Gasteiger partial charge in [-0.2, -0.15) is 0 Å². The van der Waals surface area contributed by atoms with Crippen molar-refractivity contribution in [3.8, 4) is 0 Å². The van der Waals surface area contributed by atoms with Crippen LogP contribution in [0.15, 0.2) is 12.2 Å². The van der Waals surface area contributed by atoms with E-state index in [0.717, 1.165) is 6.42 Å². The molecule has 0 aromatic carbocycles. The highest BCUT2D eigenvalue weighted by molar-refractivity contribution is 4.78. The minimum absolute atomic E-state index is 0.184. The summed E-state index contributed by atoms with van der Waals surface area (Å²) in [4.78, 5) is 0. The van der Waals surface area contributed by atoms with E-state index in [-0.39, 0.29) is 6.10 Å². The summed E-state index contributed by atoms with van der Waals surface area (Å²) < 4.78 is 0. The molecule has 0 aromatic rings. The molecule has 1 nitrogen and oxygen atoms in total. The number of hydrogen-bond donors (Lipinski definition) is 1. The van der Waals surface area contributed by atoms with E-state index in [9.17, 15) is 0 Å². The summed E-state index contributed by atoms with van der Waals surface area (Å²) in [5.41, 5.74) is 0. The Morgan fingerprint density at radius 3 is 2.43 bits per heavy atom. The Kier molecular flexibility index (Phi) is 3.71. The van der Waals surface area contributed by atoms with Gasteiger partial charge < -0.3 is 5.11 Å². The largest absolute Gasteiger partial charge is 0.393 e. The molecule has 0 amide bonds. The highest BCUT2D eigenvalue weighted by Crippen LogP contribution is 1.88. The van der Waals surface area contributed by atoms with E-state index in [1.165, 1.54) is 0 Å². The quantitative estimate of drug-likeness (QED) is 0.519. The summed E-state index contributed by atoms with van der Waals surface area (Å²) in [7, 11) is 0. The number of hydrogen-bond acceptors (Lipinski definition) is 1. The van der Waals surface area contributed by atoms with Crippen molar-refractivity contribution in [3.05, 3.63) is 12.2 Å². The van der Waals surface area contributed by atoms with Crippen molar-refractivity contribution in [1.82, 2.24) is 0 Å². The molecular weight excluding hydrogens is 88.1 g/mol. The van der Waals surface area contributed by atoms with Crippen LogP contribution in [0.2, 0.25) is 0 Å². The molecule has 0 bridgehead atoms. The molecule has 0 aliphatic rings. The highest BCUT2D eigenvalue weighted by Gasteiger charge is 1.85. The number of allylic oxidation sites excluding steroid dienone is 1. The Morgan fingerprint density at radius 2 is 2.29 bits per heavy atom. The van der Waals surface area contributed by atoms with Crippen molar-refractivity contribution in [2.75, 3.05) is 0 Å². The molecule has 0 aliphatic carbocycles. The molecule has 0 unspecified atom stereocenters. The second kappa shape index (κ2) is 3.88. The normalized spacial score (nSPS) is 15.3. The molecule has 0 aliphatic heterocycles. The fourth-order valence-electron chi connectivity index (χ4n) is 0.333. The molecule has 0 heterocycles. The molecule has 0 spiro atoms. The molecule has 42 valence electrons.